The zero-order valence-electron chi connectivity index (χ0n) is 17.6. The van der Waals surface area contributed by atoms with Gasteiger partial charge in [-0.1, -0.05) is 45.8 Å². The maximum atomic E-state index is 10.8. The SMILES string of the molecule is CCOc1cc(CNCc2ccc(C)cc2)c(Br)cc1OCc1ccc([N+](=O)[O-])cc1. The van der Waals surface area contributed by atoms with Gasteiger partial charge in [-0.05, 0) is 54.8 Å². The largest absolute Gasteiger partial charge is 0.490 e. The van der Waals surface area contributed by atoms with E-state index in [0.29, 0.717) is 24.7 Å². The standard InChI is InChI=1S/C24H25BrN2O4/c1-3-30-23-12-20(15-26-14-18-6-4-17(2)5-7-18)22(25)13-24(23)31-16-19-8-10-21(11-9-19)27(28)29/h4-13,26H,3,14-16H2,1-2H3. The minimum Gasteiger partial charge on any atom is -0.490 e. The molecule has 0 atom stereocenters. The summed E-state index contributed by atoms with van der Waals surface area (Å²) >= 11 is 3.63. The normalized spacial score (nSPS) is 10.7. The van der Waals surface area contributed by atoms with E-state index in [4.69, 9.17) is 9.47 Å². The van der Waals surface area contributed by atoms with E-state index in [2.05, 4.69) is 52.4 Å². The van der Waals surface area contributed by atoms with Crippen LogP contribution in [0.15, 0.2) is 65.1 Å². The number of nitro benzene ring substituents is 1. The van der Waals surface area contributed by atoms with E-state index < -0.39 is 4.92 Å². The van der Waals surface area contributed by atoms with Crippen LogP contribution in [-0.4, -0.2) is 11.5 Å². The lowest BCUT2D eigenvalue weighted by molar-refractivity contribution is -0.384. The highest BCUT2D eigenvalue weighted by Gasteiger charge is 2.12. The minimum atomic E-state index is -0.416. The lowest BCUT2D eigenvalue weighted by atomic mass is 10.1. The van der Waals surface area contributed by atoms with Crippen LogP contribution in [0.4, 0.5) is 5.69 Å². The summed E-state index contributed by atoms with van der Waals surface area (Å²) in [4.78, 5) is 10.4. The van der Waals surface area contributed by atoms with Crippen molar-refractivity contribution in [2.45, 2.75) is 33.5 Å². The van der Waals surface area contributed by atoms with Gasteiger partial charge in [-0.3, -0.25) is 10.1 Å². The van der Waals surface area contributed by atoms with Gasteiger partial charge in [0.1, 0.15) is 6.61 Å². The number of nitrogens with zero attached hydrogens (tertiary/aromatic N) is 1. The monoisotopic (exact) mass is 484 g/mol. The molecular weight excluding hydrogens is 460 g/mol. The molecule has 0 spiro atoms. The molecule has 0 aliphatic rings. The fraction of sp³-hybridized carbons (Fsp3) is 0.250. The van der Waals surface area contributed by atoms with Gasteiger partial charge >= 0.3 is 0 Å². The molecule has 0 unspecified atom stereocenters. The average molecular weight is 485 g/mol. The number of ether oxygens (including phenoxy) is 2. The van der Waals surface area contributed by atoms with Crippen molar-refractivity contribution in [1.29, 1.82) is 0 Å². The fourth-order valence-corrected chi connectivity index (χ4v) is 3.48. The van der Waals surface area contributed by atoms with Gasteiger partial charge in [0.15, 0.2) is 11.5 Å². The second-order valence-corrected chi connectivity index (χ2v) is 7.98. The Balaban J connectivity index is 1.65. The van der Waals surface area contributed by atoms with Gasteiger partial charge in [0.05, 0.1) is 11.5 Å². The molecule has 3 aromatic rings. The summed E-state index contributed by atoms with van der Waals surface area (Å²) in [6.07, 6.45) is 0. The second kappa shape index (κ2) is 10.9. The second-order valence-electron chi connectivity index (χ2n) is 7.12. The molecule has 0 amide bonds. The van der Waals surface area contributed by atoms with Crippen molar-refractivity contribution in [2.24, 2.45) is 0 Å². The number of hydrogen-bond acceptors (Lipinski definition) is 5. The molecule has 0 radical (unpaired) electrons. The third kappa shape index (κ3) is 6.54. The van der Waals surface area contributed by atoms with Gasteiger partial charge in [-0.2, -0.15) is 0 Å². The van der Waals surface area contributed by atoms with Crippen LogP contribution in [0.2, 0.25) is 0 Å². The highest BCUT2D eigenvalue weighted by atomic mass is 79.9. The molecule has 0 aliphatic heterocycles. The van der Waals surface area contributed by atoms with Crippen molar-refractivity contribution in [2.75, 3.05) is 6.61 Å². The van der Waals surface area contributed by atoms with Gasteiger partial charge in [0, 0.05) is 29.7 Å². The molecule has 31 heavy (non-hydrogen) atoms. The molecular formula is C24H25BrN2O4. The Morgan fingerprint density at radius 1 is 0.935 bits per heavy atom. The fourth-order valence-electron chi connectivity index (χ4n) is 3.02. The first-order chi connectivity index (χ1) is 15.0. The number of aryl methyl sites for hydroxylation is 1. The smallest absolute Gasteiger partial charge is 0.269 e. The Labute approximate surface area is 190 Å². The topological polar surface area (TPSA) is 73.6 Å². The van der Waals surface area contributed by atoms with Crippen molar-refractivity contribution in [1.82, 2.24) is 5.32 Å². The molecule has 0 aromatic heterocycles. The maximum absolute atomic E-state index is 10.8. The summed E-state index contributed by atoms with van der Waals surface area (Å²) in [6.45, 7) is 6.26. The molecule has 0 saturated heterocycles. The van der Waals surface area contributed by atoms with Crippen molar-refractivity contribution in [3.05, 3.63) is 97.5 Å². The molecule has 3 aromatic carbocycles. The van der Waals surface area contributed by atoms with Crippen LogP contribution in [0.3, 0.4) is 0 Å². The first-order valence-electron chi connectivity index (χ1n) is 10.0. The van der Waals surface area contributed by atoms with Gasteiger partial charge in [-0.15, -0.1) is 0 Å². The van der Waals surface area contributed by atoms with Crippen LogP contribution in [0, 0.1) is 17.0 Å². The molecule has 162 valence electrons. The van der Waals surface area contributed by atoms with Crippen molar-refractivity contribution < 1.29 is 14.4 Å². The Kier molecular flexibility index (Phi) is 8.03. The molecule has 0 bridgehead atoms. The summed E-state index contributed by atoms with van der Waals surface area (Å²) in [7, 11) is 0. The first-order valence-corrected chi connectivity index (χ1v) is 10.8. The van der Waals surface area contributed by atoms with Gasteiger partial charge in [0.2, 0.25) is 0 Å². The van der Waals surface area contributed by atoms with Crippen LogP contribution in [0.1, 0.15) is 29.2 Å². The lowest BCUT2D eigenvalue weighted by Crippen LogP contribution is -2.13. The number of benzene rings is 3. The van der Waals surface area contributed by atoms with Crippen LogP contribution in [-0.2, 0) is 19.7 Å². The number of nitrogens with one attached hydrogen (secondary N) is 1. The van der Waals surface area contributed by atoms with E-state index in [1.54, 1.807) is 12.1 Å². The van der Waals surface area contributed by atoms with E-state index >= 15 is 0 Å². The van der Waals surface area contributed by atoms with Crippen LogP contribution in [0.25, 0.3) is 0 Å². The maximum Gasteiger partial charge on any atom is 0.269 e. The highest BCUT2D eigenvalue weighted by molar-refractivity contribution is 9.10. The minimum absolute atomic E-state index is 0.0592. The number of halogens is 1. The molecule has 0 saturated carbocycles. The molecule has 7 heteroatoms. The predicted molar refractivity (Wildman–Crippen MR) is 124 cm³/mol. The molecule has 6 nitrogen and oxygen atoms in total. The van der Waals surface area contributed by atoms with E-state index in [1.807, 2.05) is 19.1 Å². The lowest BCUT2D eigenvalue weighted by Gasteiger charge is -2.15. The van der Waals surface area contributed by atoms with Crippen molar-refractivity contribution >= 4 is 21.6 Å². The summed E-state index contributed by atoms with van der Waals surface area (Å²) < 4.78 is 12.7. The van der Waals surface area contributed by atoms with E-state index in [-0.39, 0.29) is 12.3 Å². The van der Waals surface area contributed by atoms with Crippen LogP contribution in [0.5, 0.6) is 11.5 Å². The zero-order chi connectivity index (χ0) is 22.2. The summed E-state index contributed by atoms with van der Waals surface area (Å²) in [5.41, 5.74) is 4.45. The summed E-state index contributed by atoms with van der Waals surface area (Å²) in [5, 5.41) is 14.3. The molecule has 3 rings (SSSR count). The van der Waals surface area contributed by atoms with Gasteiger partial charge in [-0.25, -0.2) is 0 Å². The molecule has 1 N–H and O–H groups in total. The van der Waals surface area contributed by atoms with E-state index in [1.165, 1.54) is 23.3 Å². The molecule has 0 aliphatic carbocycles. The van der Waals surface area contributed by atoms with Crippen molar-refractivity contribution in [3.8, 4) is 11.5 Å². The summed E-state index contributed by atoms with van der Waals surface area (Å²) in [5.74, 6) is 1.29. The quantitative estimate of drug-likeness (QED) is 0.285. The van der Waals surface area contributed by atoms with Crippen LogP contribution < -0.4 is 14.8 Å². The number of rotatable bonds is 10. The summed E-state index contributed by atoms with van der Waals surface area (Å²) in [6, 6.07) is 18.7. The average Bonchev–Trinajstić information content (AvgIpc) is 2.76. The molecule has 0 heterocycles. The Bertz CT molecular complexity index is 1020. The number of non-ortho nitro benzene ring substituents is 1. The Morgan fingerprint density at radius 3 is 2.23 bits per heavy atom. The predicted octanol–water partition coefficient (Wildman–Crippen LogP) is 5.93. The van der Waals surface area contributed by atoms with Gasteiger partial charge < -0.3 is 14.8 Å². The zero-order valence-corrected chi connectivity index (χ0v) is 19.1. The van der Waals surface area contributed by atoms with E-state index in [9.17, 15) is 10.1 Å². The number of nitro groups is 1. The Morgan fingerprint density at radius 2 is 1.58 bits per heavy atom. The van der Waals surface area contributed by atoms with E-state index in [0.717, 1.165) is 22.1 Å². The first kappa shape index (κ1) is 22.8. The third-order valence-electron chi connectivity index (χ3n) is 4.72. The highest BCUT2D eigenvalue weighted by Crippen LogP contribution is 2.34. The van der Waals surface area contributed by atoms with Crippen molar-refractivity contribution in [3.63, 3.8) is 0 Å². The Hall–Kier alpha value is -2.90. The van der Waals surface area contributed by atoms with Crippen LogP contribution >= 0.6 is 15.9 Å². The van der Waals surface area contributed by atoms with Gasteiger partial charge in [0.25, 0.3) is 5.69 Å². The molecule has 0 fully saturated rings. The third-order valence-corrected chi connectivity index (χ3v) is 5.46. The number of hydrogen-bond donors (Lipinski definition) is 1.